The topological polar surface area (TPSA) is 39.7 Å². The maximum atomic E-state index is 4.48. The van der Waals surface area contributed by atoms with Crippen molar-refractivity contribution in [1.82, 2.24) is 15.5 Å². The van der Waals surface area contributed by atoms with Gasteiger partial charge in [0.05, 0.1) is 0 Å². The van der Waals surface area contributed by atoms with Crippen molar-refractivity contribution in [2.45, 2.75) is 44.7 Å². The molecule has 1 saturated heterocycles. The normalized spacial score (nSPS) is 16.5. The summed E-state index contributed by atoms with van der Waals surface area (Å²) in [6.45, 7) is 7.69. The van der Waals surface area contributed by atoms with Crippen molar-refractivity contribution in [3.63, 3.8) is 0 Å². The molecule has 2 aromatic rings. The summed E-state index contributed by atoms with van der Waals surface area (Å²) in [6, 6.07) is 22.5. The molecule has 1 heterocycles. The van der Waals surface area contributed by atoms with Gasteiger partial charge in [-0.25, -0.2) is 0 Å². The highest BCUT2D eigenvalue weighted by Gasteiger charge is 2.22. The molecule has 4 heteroatoms. The van der Waals surface area contributed by atoms with Crippen molar-refractivity contribution in [2.24, 2.45) is 4.99 Å². The van der Waals surface area contributed by atoms with Gasteiger partial charge in [-0.2, -0.15) is 0 Å². The number of guanidine groups is 1. The number of nitrogens with zero attached hydrogens (tertiary/aromatic N) is 2. The molecule has 150 valence electrons. The van der Waals surface area contributed by atoms with Crippen molar-refractivity contribution in [2.75, 3.05) is 26.7 Å². The standard InChI is InChI=1S/C24H34N4/c1-19(2)28-16-14-22(15-17-28)27-24(25-3)26-18-23(20-10-6-4-7-11-20)21-12-8-5-9-13-21/h4-13,19,22-23H,14-18H2,1-3H3,(H2,25,26,27). The molecule has 1 fully saturated rings. The molecule has 1 aliphatic rings. The van der Waals surface area contributed by atoms with E-state index < -0.39 is 0 Å². The van der Waals surface area contributed by atoms with Gasteiger partial charge in [0.2, 0.25) is 0 Å². The molecule has 0 atom stereocenters. The Morgan fingerprint density at radius 3 is 1.96 bits per heavy atom. The Hall–Kier alpha value is -2.33. The van der Waals surface area contributed by atoms with Gasteiger partial charge in [-0.3, -0.25) is 4.99 Å². The fourth-order valence-corrected chi connectivity index (χ4v) is 3.95. The van der Waals surface area contributed by atoms with Crippen LogP contribution in [-0.4, -0.2) is 49.6 Å². The number of rotatable bonds is 6. The molecule has 28 heavy (non-hydrogen) atoms. The lowest BCUT2D eigenvalue weighted by atomic mass is 9.91. The Bertz CT molecular complexity index is 679. The van der Waals surface area contributed by atoms with Crippen LogP contribution in [0.5, 0.6) is 0 Å². The summed E-state index contributed by atoms with van der Waals surface area (Å²) in [5.41, 5.74) is 2.64. The molecule has 0 spiro atoms. The van der Waals surface area contributed by atoms with Crippen LogP contribution in [0.2, 0.25) is 0 Å². The molecule has 0 amide bonds. The highest BCUT2D eigenvalue weighted by molar-refractivity contribution is 5.80. The van der Waals surface area contributed by atoms with Gasteiger partial charge in [-0.05, 0) is 37.8 Å². The van der Waals surface area contributed by atoms with Gasteiger partial charge < -0.3 is 15.5 Å². The number of hydrogen-bond donors (Lipinski definition) is 2. The largest absolute Gasteiger partial charge is 0.355 e. The second-order valence-corrected chi connectivity index (χ2v) is 7.88. The van der Waals surface area contributed by atoms with Crippen LogP contribution in [0, 0.1) is 0 Å². The zero-order valence-corrected chi connectivity index (χ0v) is 17.4. The lowest BCUT2D eigenvalue weighted by Gasteiger charge is -2.35. The SMILES string of the molecule is CN=C(NCC(c1ccccc1)c1ccccc1)NC1CCN(C(C)C)CC1. The number of nitrogens with one attached hydrogen (secondary N) is 2. The minimum absolute atomic E-state index is 0.295. The maximum absolute atomic E-state index is 4.48. The molecule has 2 N–H and O–H groups in total. The van der Waals surface area contributed by atoms with Gasteiger partial charge in [0.1, 0.15) is 0 Å². The predicted molar refractivity (Wildman–Crippen MR) is 119 cm³/mol. The molecule has 1 aliphatic heterocycles. The fraction of sp³-hybridized carbons (Fsp3) is 0.458. The third-order valence-electron chi connectivity index (χ3n) is 5.70. The van der Waals surface area contributed by atoms with Gasteiger partial charge in [0.25, 0.3) is 0 Å². The summed E-state index contributed by atoms with van der Waals surface area (Å²) in [4.78, 5) is 7.03. The first-order valence-corrected chi connectivity index (χ1v) is 10.5. The monoisotopic (exact) mass is 378 g/mol. The molecule has 0 bridgehead atoms. The zero-order chi connectivity index (χ0) is 19.8. The van der Waals surface area contributed by atoms with Crippen molar-refractivity contribution < 1.29 is 0 Å². The van der Waals surface area contributed by atoms with E-state index in [0.29, 0.717) is 18.0 Å². The number of aliphatic imine (C=N–C) groups is 1. The average Bonchev–Trinajstić information content (AvgIpc) is 2.75. The van der Waals surface area contributed by atoms with E-state index in [-0.39, 0.29) is 0 Å². The minimum Gasteiger partial charge on any atom is -0.355 e. The van der Waals surface area contributed by atoms with E-state index in [1.807, 2.05) is 7.05 Å². The second kappa shape index (κ2) is 10.3. The van der Waals surface area contributed by atoms with Gasteiger partial charge in [-0.1, -0.05) is 60.7 Å². The lowest BCUT2D eigenvalue weighted by molar-refractivity contribution is 0.167. The zero-order valence-electron chi connectivity index (χ0n) is 17.4. The van der Waals surface area contributed by atoms with Gasteiger partial charge in [-0.15, -0.1) is 0 Å². The Morgan fingerprint density at radius 1 is 0.964 bits per heavy atom. The number of likely N-dealkylation sites (tertiary alicyclic amines) is 1. The van der Waals surface area contributed by atoms with Gasteiger partial charge in [0.15, 0.2) is 5.96 Å². The van der Waals surface area contributed by atoms with E-state index in [0.717, 1.165) is 25.6 Å². The van der Waals surface area contributed by atoms with Crippen molar-refractivity contribution >= 4 is 5.96 Å². The van der Waals surface area contributed by atoms with Crippen LogP contribution < -0.4 is 10.6 Å². The quantitative estimate of drug-likeness (QED) is 0.592. The Kier molecular flexibility index (Phi) is 7.49. The number of hydrogen-bond acceptors (Lipinski definition) is 2. The number of benzene rings is 2. The summed E-state index contributed by atoms with van der Waals surface area (Å²) >= 11 is 0. The highest BCUT2D eigenvalue weighted by atomic mass is 15.2. The van der Waals surface area contributed by atoms with Crippen LogP contribution >= 0.6 is 0 Å². The van der Waals surface area contributed by atoms with E-state index in [2.05, 4.69) is 95.0 Å². The first-order chi connectivity index (χ1) is 13.7. The van der Waals surface area contributed by atoms with Gasteiger partial charge in [0, 0.05) is 44.7 Å². The van der Waals surface area contributed by atoms with E-state index >= 15 is 0 Å². The van der Waals surface area contributed by atoms with Crippen LogP contribution in [0.4, 0.5) is 0 Å². The molecule has 4 nitrogen and oxygen atoms in total. The molecule has 2 aromatic carbocycles. The maximum Gasteiger partial charge on any atom is 0.191 e. The molecule has 0 saturated carbocycles. The van der Waals surface area contributed by atoms with Crippen LogP contribution in [0.15, 0.2) is 65.7 Å². The Labute approximate surface area is 170 Å². The predicted octanol–water partition coefficient (Wildman–Crippen LogP) is 3.86. The van der Waals surface area contributed by atoms with Crippen LogP contribution in [0.25, 0.3) is 0 Å². The van der Waals surface area contributed by atoms with Gasteiger partial charge >= 0.3 is 0 Å². The molecule has 3 rings (SSSR count). The summed E-state index contributed by atoms with van der Waals surface area (Å²) in [6.07, 6.45) is 2.33. The van der Waals surface area contributed by atoms with Crippen LogP contribution in [-0.2, 0) is 0 Å². The molecule has 0 aliphatic carbocycles. The first-order valence-electron chi connectivity index (χ1n) is 10.5. The fourth-order valence-electron chi connectivity index (χ4n) is 3.95. The van der Waals surface area contributed by atoms with Crippen molar-refractivity contribution in [3.8, 4) is 0 Å². The third kappa shape index (κ3) is 5.59. The summed E-state index contributed by atoms with van der Waals surface area (Å²) in [5, 5.41) is 7.21. The third-order valence-corrected chi connectivity index (χ3v) is 5.70. The molecular weight excluding hydrogens is 344 g/mol. The first kappa shape index (κ1) is 20.4. The molecule has 0 aromatic heterocycles. The van der Waals surface area contributed by atoms with Crippen molar-refractivity contribution in [1.29, 1.82) is 0 Å². The molecular formula is C24H34N4. The highest BCUT2D eigenvalue weighted by Crippen LogP contribution is 2.23. The summed E-state index contributed by atoms with van der Waals surface area (Å²) in [7, 11) is 1.86. The number of piperidine rings is 1. The van der Waals surface area contributed by atoms with E-state index in [1.165, 1.54) is 24.0 Å². The van der Waals surface area contributed by atoms with Crippen LogP contribution in [0.3, 0.4) is 0 Å². The molecule has 0 radical (unpaired) electrons. The Balaban J connectivity index is 1.60. The van der Waals surface area contributed by atoms with E-state index in [4.69, 9.17) is 0 Å². The minimum atomic E-state index is 0.295. The summed E-state index contributed by atoms with van der Waals surface area (Å²) in [5.74, 6) is 1.20. The van der Waals surface area contributed by atoms with Crippen molar-refractivity contribution in [3.05, 3.63) is 71.8 Å². The van der Waals surface area contributed by atoms with E-state index in [1.54, 1.807) is 0 Å². The van der Waals surface area contributed by atoms with Crippen LogP contribution in [0.1, 0.15) is 43.7 Å². The Morgan fingerprint density at radius 2 is 1.50 bits per heavy atom. The second-order valence-electron chi connectivity index (χ2n) is 7.88. The van der Waals surface area contributed by atoms with E-state index in [9.17, 15) is 0 Å². The summed E-state index contributed by atoms with van der Waals surface area (Å²) < 4.78 is 0. The smallest absolute Gasteiger partial charge is 0.191 e. The average molecular weight is 379 g/mol. The lowest BCUT2D eigenvalue weighted by Crippen LogP contribution is -2.50. The molecule has 0 unspecified atom stereocenters.